The van der Waals surface area contributed by atoms with Crippen molar-refractivity contribution in [2.45, 2.75) is 58.4 Å². The van der Waals surface area contributed by atoms with E-state index in [4.69, 9.17) is 4.74 Å². The quantitative estimate of drug-likeness (QED) is 0.566. The molecule has 0 bridgehead atoms. The predicted molar refractivity (Wildman–Crippen MR) is 125 cm³/mol. The van der Waals surface area contributed by atoms with E-state index >= 15 is 0 Å². The second kappa shape index (κ2) is 11.6. The lowest BCUT2D eigenvalue weighted by atomic mass is 10.2. The van der Waals surface area contributed by atoms with E-state index in [1.54, 1.807) is 18.2 Å². The third-order valence-corrected chi connectivity index (χ3v) is 6.09. The fraction of sp³-hybridized carbons (Fsp3) is 0.478. The summed E-state index contributed by atoms with van der Waals surface area (Å²) < 4.78 is 5.68. The van der Waals surface area contributed by atoms with Crippen molar-refractivity contribution in [1.29, 1.82) is 0 Å². The molecule has 1 fully saturated rings. The molecule has 9 heteroatoms. The monoisotopic (exact) mass is 458 g/mol. The van der Waals surface area contributed by atoms with Gasteiger partial charge in [-0.2, -0.15) is 0 Å². The minimum Gasteiger partial charge on any atom is -0.492 e. The molecular weight excluding hydrogens is 428 g/mol. The first kappa shape index (κ1) is 23.7. The average molecular weight is 459 g/mol. The Morgan fingerprint density at radius 1 is 1.16 bits per heavy atom. The van der Waals surface area contributed by atoms with Crippen LogP contribution in [0, 0.1) is 6.92 Å². The number of nitrogens with zero attached hydrogens (tertiary/aromatic N) is 2. The molecule has 1 aliphatic rings. The van der Waals surface area contributed by atoms with Crippen molar-refractivity contribution in [3.05, 3.63) is 35.3 Å². The maximum absolute atomic E-state index is 13.1. The van der Waals surface area contributed by atoms with E-state index in [2.05, 4.69) is 15.6 Å². The van der Waals surface area contributed by atoms with Gasteiger partial charge < -0.3 is 15.4 Å². The lowest BCUT2D eigenvalue weighted by molar-refractivity contribution is -0.125. The van der Waals surface area contributed by atoms with Gasteiger partial charge in [0.25, 0.3) is 0 Å². The summed E-state index contributed by atoms with van der Waals surface area (Å²) in [7, 11) is 0. The lowest BCUT2D eigenvalue weighted by Crippen LogP contribution is -2.44. The highest BCUT2D eigenvalue weighted by molar-refractivity contribution is 7.13. The van der Waals surface area contributed by atoms with Crippen LogP contribution in [0.25, 0.3) is 0 Å². The van der Waals surface area contributed by atoms with Gasteiger partial charge in [0.15, 0.2) is 5.13 Å². The van der Waals surface area contributed by atoms with E-state index in [0.29, 0.717) is 23.2 Å². The lowest BCUT2D eigenvalue weighted by Gasteiger charge is -2.25. The van der Waals surface area contributed by atoms with E-state index in [1.807, 2.05) is 25.3 Å². The van der Waals surface area contributed by atoms with Crippen LogP contribution in [0.5, 0.6) is 5.75 Å². The fourth-order valence-corrected chi connectivity index (χ4v) is 4.41. The summed E-state index contributed by atoms with van der Waals surface area (Å²) in [5, 5.41) is 8.09. The molecule has 8 nitrogen and oxygen atoms in total. The summed E-state index contributed by atoms with van der Waals surface area (Å²) in [5.41, 5.74) is 1.35. The largest absolute Gasteiger partial charge is 0.492 e. The van der Waals surface area contributed by atoms with Crippen molar-refractivity contribution in [2.24, 2.45) is 0 Å². The number of aryl methyl sites for hydroxylation is 1. The molecular formula is C23H30N4O4S. The summed E-state index contributed by atoms with van der Waals surface area (Å²) in [6, 6.07) is 7.30. The van der Waals surface area contributed by atoms with Gasteiger partial charge in [-0.25, -0.2) is 4.98 Å². The van der Waals surface area contributed by atoms with Gasteiger partial charge in [0.2, 0.25) is 17.7 Å². The highest BCUT2D eigenvalue weighted by atomic mass is 32.1. The highest BCUT2D eigenvalue weighted by Crippen LogP contribution is 2.29. The molecule has 2 N–H and O–H groups in total. The molecule has 3 rings (SSSR count). The number of amides is 3. The zero-order chi connectivity index (χ0) is 22.9. The zero-order valence-electron chi connectivity index (χ0n) is 18.6. The van der Waals surface area contributed by atoms with Crippen LogP contribution < -0.4 is 20.3 Å². The molecule has 2 aromatic rings. The van der Waals surface area contributed by atoms with E-state index in [1.165, 1.54) is 16.2 Å². The molecule has 1 aliphatic carbocycles. The Hall–Kier alpha value is -2.94. The molecule has 1 aromatic carbocycles. The molecule has 0 aliphatic heterocycles. The van der Waals surface area contributed by atoms with Crippen molar-refractivity contribution in [2.75, 3.05) is 23.4 Å². The van der Waals surface area contributed by atoms with Crippen molar-refractivity contribution in [3.63, 3.8) is 0 Å². The van der Waals surface area contributed by atoms with E-state index < -0.39 is 0 Å². The minimum atomic E-state index is -0.316. The third-order valence-electron chi connectivity index (χ3n) is 5.21. The summed E-state index contributed by atoms with van der Waals surface area (Å²) in [4.78, 5) is 43.7. The van der Waals surface area contributed by atoms with Crippen molar-refractivity contribution >= 4 is 39.9 Å². The Morgan fingerprint density at radius 3 is 2.59 bits per heavy atom. The number of thiazole rings is 1. The Labute approximate surface area is 192 Å². The Morgan fingerprint density at radius 2 is 1.91 bits per heavy atom. The van der Waals surface area contributed by atoms with Gasteiger partial charge in [0.1, 0.15) is 12.3 Å². The first-order chi connectivity index (χ1) is 15.5. The van der Waals surface area contributed by atoms with Crippen molar-refractivity contribution in [3.8, 4) is 5.75 Å². The van der Waals surface area contributed by atoms with Gasteiger partial charge in [-0.05, 0) is 38.8 Å². The van der Waals surface area contributed by atoms with Crippen molar-refractivity contribution < 1.29 is 19.1 Å². The summed E-state index contributed by atoms with van der Waals surface area (Å²) in [6.45, 7) is 4.02. The first-order valence-corrected chi connectivity index (χ1v) is 11.9. The molecule has 1 heterocycles. The molecule has 1 saturated carbocycles. The number of hydrogen-bond acceptors (Lipinski definition) is 6. The number of hydrogen-bond donors (Lipinski definition) is 2. The average Bonchev–Trinajstić information content (AvgIpc) is 3.42. The molecule has 3 amide bonds. The van der Waals surface area contributed by atoms with E-state index in [9.17, 15) is 14.4 Å². The van der Waals surface area contributed by atoms with E-state index in [0.717, 1.165) is 31.4 Å². The number of rotatable bonds is 10. The predicted octanol–water partition coefficient (Wildman–Crippen LogP) is 3.66. The van der Waals surface area contributed by atoms with Gasteiger partial charge >= 0.3 is 0 Å². The van der Waals surface area contributed by atoms with Gasteiger partial charge in [0.05, 0.1) is 18.0 Å². The molecule has 32 heavy (non-hydrogen) atoms. The Kier molecular flexibility index (Phi) is 8.61. The Bertz CT molecular complexity index is 940. The van der Waals surface area contributed by atoms with Gasteiger partial charge in [0, 0.05) is 24.3 Å². The standard InChI is InChI=1S/C23H30N4O4S/c1-3-31-19-11-7-6-10-18(19)27(14-21(29)25-17-8-4-5-9-17)22(30)13-12-20(28)26-23-24-16(2)15-32-23/h6-7,10-11,15,17H,3-5,8-9,12-14H2,1-2H3,(H,25,29)(H,24,26,28). The summed E-state index contributed by atoms with van der Waals surface area (Å²) >= 11 is 1.34. The molecule has 172 valence electrons. The molecule has 0 spiro atoms. The van der Waals surface area contributed by atoms with Crippen molar-refractivity contribution in [1.82, 2.24) is 10.3 Å². The summed E-state index contributed by atoms with van der Waals surface area (Å²) in [5.74, 6) is -0.288. The number of ether oxygens (including phenoxy) is 1. The minimum absolute atomic E-state index is 0.00495. The maximum atomic E-state index is 13.1. The molecule has 0 radical (unpaired) electrons. The number of nitrogens with one attached hydrogen (secondary N) is 2. The number of aromatic nitrogens is 1. The smallest absolute Gasteiger partial charge is 0.240 e. The Balaban J connectivity index is 1.68. The van der Waals surface area contributed by atoms with Gasteiger partial charge in [-0.1, -0.05) is 25.0 Å². The van der Waals surface area contributed by atoms with Crippen LogP contribution in [0.1, 0.15) is 51.1 Å². The molecule has 0 saturated heterocycles. The fourth-order valence-electron chi connectivity index (χ4n) is 3.70. The van der Waals surface area contributed by atoms with Crippen LogP contribution in [0.2, 0.25) is 0 Å². The molecule has 1 aromatic heterocycles. The SMILES string of the molecule is CCOc1ccccc1N(CC(=O)NC1CCCC1)C(=O)CCC(=O)Nc1nc(C)cs1. The van der Waals surface area contributed by atoms with Gasteiger partial charge in [-0.3, -0.25) is 19.3 Å². The first-order valence-electron chi connectivity index (χ1n) is 11.0. The normalized spacial score (nSPS) is 13.6. The molecule has 0 atom stereocenters. The zero-order valence-corrected chi connectivity index (χ0v) is 19.4. The molecule has 0 unspecified atom stereocenters. The number of carbonyl (C=O) groups excluding carboxylic acids is 3. The number of carbonyl (C=O) groups is 3. The van der Waals surface area contributed by atoms with E-state index in [-0.39, 0.29) is 43.1 Å². The topological polar surface area (TPSA) is 101 Å². The number of anilines is 2. The maximum Gasteiger partial charge on any atom is 0.240 e. The summed E-state index contributed by atoms with van der Waals surface area (Å²) in [6.07, 6.45) is 4.10. The second-order valence-electron chi connectivity index (χ2n) is 7.77. The number of benzene rings is 1. The second-order valence-corrected chi connectivity index (χ2v) is 8.63. The van der Waals surface area contributed by atoms with Crippen LogP contribution in [0.15, 0.2) is 29.6 Å². The number of para-hydroxylation sites is 2. The van der Waals surface area contributed by atoms with Gasteiger partial charge in [-0.15, -0.1) is 11.3 Å². The van der Waals surface area contributed by atoms with Crippen LogP contribution in [0.3, 0.4) is 0 Å². The third kappa shape index (κ3) is 6.78. The highest BCUT2D eigenvalue weighted by Gasteiger charge is 2.25. The van der Waals surface area contributed by atoms with Crippen LogP contribution in [-0.4, -0.2) is 41.9 Å². The van der Waals surface area contributed by atoms with Crippen LogP contribution in [-0.2, 0) is 14.4 Å². The van der Waals surface area contributed by atoms with Crippen LogP contribution >= 0.6 is 11.3 Å². The van der Waals surface area contributed by atoms with Crippen LogP contribution in [0.4, 0.5) is 10.8 Å².